The normalized spacial score (nSPS) is 22.1. The van der Waals surface area contributed by atoms with E-state index in [-0.39, 0.29) is 11.6 Å². The molecule has 3 rings (SSSR count). The first kappa shape index (κ1) is 15.2. The molecule has 2 fully saturated rings. The van der Waals surface area contributed by atoms with Crippen LogP contribution < -0.4 is 15.1 Å². The van der Waals surface area contributed by atoms with Crippen molar-refractivity contribution in [2.75, 3.05) is 49.6 Å². The van der Waals surface area contributed by atoms with Gasteiger partial charge in [0.15, 0.2) is 0 Å². The highest BCUT2D eigenvalue weighted by atomic mass is 16.2. The minimum atomic E-state index is -0.171. The first-order valence-corrected chi connectivity index (χ1v) is 7.99. The molecule has 1 aromatic carbocycles. The Balaban J connectivity index is 1.86. The maximum absolute atomic E-state index is 12.2. The summed E-state index contributed by atoms with van der Waals surface area (Å²) in [5.74, 6) is 0. The summed E-state index contributed by atoms with van der Waals surface area (Å²) in [5.41, 5.74) is 3.34. The molecule has 0 aromatic heterocycles. The molecule has 2 aliphatic rings. The summed E-state index contributed by atoms with van der Waals surface area (Å²) in [7, 11) is 2.16. The molecule has 0 spiro atoms. The zero-order valence-electron chi connectivity index (χ0n) is 14.0. The van der Waals surface area contributed by atoms with Gasteiger partial charge >= 0.3 is 6.03 Å². The van der Waals surface area contributed by atoms with Crippen molar-refractivity contribution in [3.63, 3.8) is 0 Å². The molecule has 22 heavy (non-hydrogen) atoms. The van der Waals surface area contributed by atoms with Crippen LogP contribution in [-0.2, 0) is 0 Å². The van der Waals surface area contributed by atoms with Gasteiger partial charge in [0.25, 0.3) is 0 Å². The number of likely N-dealkylation sites (N-methyl/N-ethyl adjacent to an activating group) is 1. The second kappa shape index (κ2) is 5.47. The molecule has 120 valence electrons. The number of hydrogen-bond acceptors (Lipinski definition) is 3. The third kappa shape index (κ3) is 2.90. The third-order valence-corrected chi connectivity index (χ3v) is 4.59. The molecule has 0 unspecified atom stereocenters. The quantitative estimate of drug-likeness (QED) is 0.909. The largest absolute Gasteiger partial charge is 0.369 e. The minimum Gasteiger partial charge on any atom is -0.369 e. The highest BCUT2D eigenvalue weighted by Crippen LogP contribution is 2.30. The molecule has 0 aliphatic carbocycles. The predicted octanol–water partition coefficient (Wildman–Crippen LogP) is 2.06. The van der Waals surface area contributed by atoms with E-state index in [9.17, 15) is 4.79 Å². The number of nitrogens with zero attached hydrogens (tertiary/aromatic N) is 3. The third-order valence-electron chi connectivity index (χ3n) is 4.59. The first-order valence-electron chi connectivity index (χ1n) is 7.99. The molecule has 0 radical (unpaired) electrons. The zero-order chi connectivity index (χ0) is 15.9. The number of carbonyl (C=O) groups is 1. The molecule has 5 nitrogen and oxygen atoms in total. The van der Waals surface area contributed by atoms with Crippen molar-refractivity contribution in [1.82, 2.24) is 10.2 Å². The van der Waals surface area contributed by atoms with Gasteiger partial charge in [-0.3, -0.25) is 4.90 Å². The molecule has 2 aliphatic heterocycles. The van der Waals surface area contributed by atoms with Crippen LogP contribution in [0, 0.1) is 6.92 Å². The molecular formula is C17H26N4O. The van der Waals surface area contributed by atoms with E-state index < -0.39 is 0 Å². The summed E-state index contributed by atoms with van der Waals surface area (Å²) in [6.45, 7) is 11.2. The van der Waals surface area contributed by atoms with E-state index >= 15 is 0 Å². The van der Waals surface area contributed by atoms with Gasteiger partial charge in [-0.2, -0.15) is 0 Å². The number of aryl methyl sites for hydroxylation is 1. The number of benzene rings is 1. The van der Waals surface area contributed by atoms with Crippen LogP contribution in [0.2, 0.25) is 0 Å². The van der Waals surface area contributed by atoms with Crippen molar-refractivity contribution in [1.29, 1.82) is 0 Å². The summed E-state index contributed by atoms with van der Waals surface area (Å²) in [6.07, 6.45) is 0. The second-order valence-electron chi connectivity index (χ2n) is 7.16. The predicted molar refractivity (Wildman–Crippen MR) is 90.8 cm³/mol. The average Bonchev–Trinajstić information content (AvgIpc) is 2.74. The Morgan fingerprint density at radius 1 is 1.14 bits per heavy atom. The maximum atomic E-state index is 12.2. The van der Waals surface area contributed by atoms with Crippen molar-refractivity contribution in [2.45, 2.75) is 26.3 Å². The van der Waals surface area contributed by atoms with Crippen LogP contribution in [0.25, 0.3) is 0 Å². The molecule has 1 N–H and O–H groups in total. The van der Waals surface area contributed by atoms with Gasteiger partial charge < -0.3 is 15.1 Å². The van der Waals surface area contributed by atoms with Crippen molar-refractivity contribution in [2.24, 2.45) is 0 Å². The maximum Gasteiger partial charge on any atom is 0.322 e. The fraction of sp³-hybridized carbons (Fsp3) is 0.588. The van der Waals surface area contributed by atoms with E-state index in [0.29, 0.717) is 6.54 Å². The number of amides is 2. The fourth-order valence-corrected chi connectivity index (χ4v) is 3.23. The van der Waals surface area contributed by atoms with E-state index in [0.717, 1.165) is 31.9 Å². The number of hydrogen-bond donors (Lipinski definition) is 1. The molecule has 0 atom stereocenters. The van der Waals surface area contributed by atoms with Crippen LogP contribution in [0.1, 0.15) is 19.4 Å². The lowest BCUT2D eigenvalue weighted by Crippen LogP contribution is -2.44. The lowest BCUT2D eigenvalue weighted by molar-refractivity contribution is 0.249. The highest BCUT2D eigenvalue weighted by Gasteiger charge is 2.35. The van der Waals surface area contributed by atoms with E-state index in [4.69, 9.17) is 0 Å². The van der Waals surface area contributed by atoms with Crippen molar-refractivity contribution < 1.29 is 4.79 Å². The molecule has 2 amide bonds. The first-order chi connectivity index (χ1) is 10.4. The molecule has 1 aromatic rings. The van der Waals surface area contributed by atoms with Crippen LogP contribution >= 0.6 is 0 Å². The number of nitrogens with one attached hydrogen (secondary N) is 1. The van der Waals surface area contributed by atoms with Gasteiger partial charge in [-0.15, -0.1) is 0 Å². The van der Waals surface area contributed by atoms with Gasteiger partial charge in [-0.05, 0) is 45.5 Å². The van der Waals surface area contributed by atoms with Crippen LogP contribution in [0.4, 0.5) is 16.2 Å². The smallest absolute Gasteiger partial charge is 0.322 e. The van der Waals surface area contributed by atoms with Crippen molar-refractivity contribution in [3.8, 4) is 0 Å². The molecular weight excluding hydrogens is 276 g/mol. The highest BCUT2D eigenvalue weighted by molar-refractivity contribution is 5.95. The van der Waals surface area contributed by atoms with E-state index in [2.05, 4.69) is 61.1 Å². The lowest BCUT2D eigenvalue weighted by Gasteiger charge is -2.35. The standard InChI is InChI=1S/C17H26N4O/c1-13-5-6-14(21-12-17(2,3)18-16(21)22)11-15(13)20-9-7-19(4)8-10-20/h5-6,11H,7-10,12H2,1-4H3,(H,18,22). The van der Waals surface area contributed by atoms with Gasteiger partial charge in [-0.1, -0.05) is 6.07 Å². The molecule has 5 heteroatoms. The van der Waals surface area contributed by atoms with Crippen molar-refractivity contribution in [3.05, 3.63) is 23.8 Å². The SMILES string of the molecule is Cc1ccc(N2CC(C)(C)NC2=O)cc1N1CCN(C)CC1. The van der Waals surface area contributed by atoms with Gasteiger partial charge in [0.2, 0.25) is 0 Å². The number of urea groups is 1. The number of piperazine rings is 1. The van der Waals surface area contributed by atoms with E-state index in [1.807, 2.05) is 4.90 Å². The molecule has 0 bridgehead atoms. The van der Waals surface area contributed by atoms with Crippen LogP contribution in [0.15, 0.2) is 18.2 Å². The van der Waals surface area contributed by atoms with Crippen LogP contribution in [0.5, 0.6) is 0 Å². The summed E-state index contributed by atoms with van der Waals surface area (Å²) < 4.78 is 0. The number of carbonyl (C=O) groups excluding carboxylic acids is 1. The van der Waals surface area contributed by atoms with Crippen molar-refractivity contribution >= 4 is 17.4 Å². The Morgan fingerprint density at radius 2 is 1.82 bits per heavy atom. The van der Waals surface area contributed by atoms with Gasteiger partial charge in [0.1, 0.15) is 0 Å². The van der Waals surface area contributed by atoms with Crippen LogP contribution in [0.3, 0.4) is 0 Å². The van der Waals surface area contributed by atoms with Gasteiger partial charge in [0.05, 0.1) is 12.1 Å². The van der Waals surface area contributed by atoms with E-state index in [1.54, 1.807) is 0 Å². The van der Waals surface area contributed by atoms with E-state index in [1.165, 1.54) is 11.3 Å². The van der Waals surface area contributed by atoms with Gasteiger partial charge in [0, 0.05) is 37.6 Å². The Bertz CT molecular complexity index is 576. The zero-order valence-corrected chi connectivity index (χ0v) is 14.0. The summed E-state index contributed by atoms with van der Waals surface area (Å²) in [4.78, 5) is 18.8. The average molecular weight is 302 g/mol. The number of rotatable bonds is 2. The number of anilines is 2. The summed E-state index contributed by atoms with van der Waals surface area (Å²) in [5, 5.41) is 3.03. The second-order valence-corrected chi connectivity index (χ2v) is 7.16. The molecule has 0 saturated carbocycles. The topological polar surface area (TPSA) is 38.8 Å². The Morgan fingerprint density at radius 3 is 2.41 bits per heavy atom. The Kier molecular flexibility index (Phi) is 3.77. The molecule has 2 heterocycles. The summed E-state index contributed by atoms with van der Waals surface area (Å²) >= 11 is 0. The van der Waals surface area contributed by atoms with Crippen LogP contribution in [-0.4, -0.2) is 56.2 Å². The minimum absolute atomic E-state index is 0.00168. The summed E-state index contributed by atoms with van der Waals surface area (Å²) in [6, 6.07) is 6.34. The lowest BCUT2D eigenvalue weighted by atomic mass is 10.1. The Hall–Kier alpha value is -1.75. The Labute approximate surface area is 132 Å². The monoisotopic (exact) mass is 302 g/mol. The molecule has 2 saturated heterocycles. The fourth-order valence-electron chi connectivity index (χ4n) is 3.23. The van der Waals surface area contributed by atoms with Gasteiger partial charge in [-0.25, -0.2) is 4.79 Å².